The predicted octanol–water partition coefficient (Wildman–Crippen LogP) is 3.14. The van der Waals surface area contributed by atoms with Crippen LogP contribution in [0.4, 0.5) is 0 Å². The van der Waals surface area contributed by atoms with Gasteiger partial charge in [-0.2, -0.15) is 0 Å². The molecule has 0 rings (SSSR count). The summed E-state index contributed by atoms with van der Waals surface area (Å²) in [4.78, 5) is 0. The molecule has 54 valence electrons. The van der Waals surface area contributed by atoms with E-state index in [0.29, 0.717) is 0 Å². The highest BCUT2D eigenvalue weighted by atomic mass is 32.4. The number of unbranched alkanes of at least 4 members (excludes halogenated alkanes) is 3. The minimum absolute atomic E-state index is 0.0337. The Hall–Kier alpha value is 0.520. The third-order valence-corrected chi connectivity index (χ3v) is 2.82. The van der Waals surface area contributed by atoms with Crippen LogP contribution in [-0.2, 0) is 11.8 Å². The molecule has 0 amide bonds. The summed E-state index contributed by atoms with van der Waals surface area (Å²) in [6, 6.07) is 0. The van der Waals surface area contributed by atoms with E-state index in [1.807, 2.05) is 0 Å². The summed E-state index contributed by atoms with van der Waals surface area (Å²) in [5.41, 5.74) is 0. The Morgan fingerprint density at radius 2 is 1.89 bits per heavy atom. The van der Waals surface area contributed by atoms with Crippen LogP contribution in [0.2, 0.25) is 0 Å². The van der Waals surface area contributed by atoms with Crippen molar-refractivity contribution in [1.82, 2.24) is 0 Å². The second-order valence-electron chi connectivity index (χ2n) is 2.41. The SMILES string of the molecule is CCCCCC[P+](C)=S. The van der Waals surface area contributed by atoms with Crippen molar-refractivity contribution in [2.75, 3.05) is 12.8 Å². The summed E-state index contributed by atoms with van der Waals surface area (Å²) in [5.74, 6) is 0. The summed E-state index contributed by atoms with van der Waals surface area (Å²) < 4.78 is 0. The molecule has 2 heteroatoms. The van der Waals surface area contributed by atoms with Crippen LogP contribution in [0.3, 0.4) is 0 Å². The van der Waals surface area contributed by atoms with Crippen LogP contribution in [0.25, 0.3) is 0 Å². The first-order chi connectivity index (χ1) is 4.27. The predicted molar refractivity (Wildman–Crippen MR) is 49.2 cm³/mol. The van der Waals surface area contributed by atoms with E-state index in [4.69, 9.17) is 11.8 Å². The Morgan fingerprint density at radius 1 is 1.22 bits per heavy atom. The molecule has 0 radical (unpaired) electrons. The fourth-order valence-corrected chi connectivity index (χ4v) is 1.82. The first-order valence-electron chi connectivity index (χ1n) is 3.65. The van der Waals surface area contributed by atoms with Gasteiger partial charge in [-0.15, -0.1) is 0 Å². The Kier molecular flexibility index (Phi) is 7.02. The van der Waals surface area contributed by atoms with Crippen molar-refractivity contribution in [2.24, 2.45) is 0 Å². The van der Waals surface area contributed by atoms with E-state index in [1.54, 1.807) is 0 Å². The monoisotopic (exact) mass is 163 g/mol. The third kappa shape index (κ3) is 8.52. The van der Waals surface area contributed by atoms with Crippen LogP contribution >= 0.6 is 6.70 Å². The molecule has 1 atom stereocenters. The molecule has 0 bridgehead atoms. The van der Waals surface area contributed by atoms with Crippen molar-refractivity contribution >= 4 is 18.5 Å². The van der Waals surface area contributed by atoms with Gasteiger partial charge in [0.2, 0.25) is 0 Å². The summed E-state index contributed by atoms with van der Waals surface area (Å²) in [6.07, 6.45) is 6.77. The summed E-state index contributed by atoms with van der Waals surface area (Å²) in [7, 11) is 0. The topological polar surface area (TPSA) is 0 Å². The fraction of sp³-hybridized carbons (Fsp3) is 1.00. The van der Waals surface area contributed by atoms with Crippen molar-refractivity contribution in [3.05, 3.63) is 0 Å². The molecule has 0 saturated heterocycles. The molecule has 0 aliphatic carbocycles. The van der Waals surface area contributed by atoms with Crippen LogP contribution in [0.1, 0.15) is 32.6 Å². The zero-order valence-electron chi connectivity index (χ0n) is 6.39. The zero-order valence-corrected chi connectivity index (χ0v) is 8.10. The molecule has 0 spiro atoms. The molecule has 0 saturated carbocycles. The molecule has 0 fully saturated rings. The standard InChI is InChI=1S/C7H16PS/c1-3-4-5-6-7-8(2)9/h3-7H2,1-2H3/q+1. The van der Waals surface area contributed by atoms with Gasteiger partial charge in [0.1, 0.15) is 12.8 Å². The third-order valence-electron chi connectivity index (χ3n) is 1.33. The van der Waals surface area contributed by atoms with Crippen LogP contribution < -0.4 is 0 Å². The molecule has 0 nitrogen and oxygen atoms in total. The van der Waals surface area contributed by atoms with Crippen LogP contribution in [-0.4, -0.2) is 12.8 Å². The van der Waals surface area contributed by atoms with Gasteiger partial charge in [-0.1, -0.05) is 19.8 Å². The quantitative estimate of drug-likeness (QED) is 0.443. The van der Waals surface area contributed by atoms with Gasteiger partial charge in [0.15, 0.2) is 18.5 Å². The zero-order chi connectivity index (χ0) is 7.11. The lowest BCUT2D eigenvalue weighted by Crippen LogP contribution is -1.78. The average molecular weight is 163 g/mol. The smallest absolute Gasteiger partial charge is 0.0654 e. The van der Waals surface area contributed by atoms with Gasteiger partial charge in [-0.25, -0.2) is 0 Å². The summed E-state index contributed by atoms with van der Waals surface area (Å²) >= 11 is 5.09. The van der Waals surface area contributed by atoms with Gasteiger partial charge in [0, 0.05) is 0 Å². The van der Waals surface area contributed by atoms with Gasteiger partial charge in [-0.3, -0.25) is 0 Å². The average Bonchev–Trinajstić information content (AvgIpc) is 1.80. The van der Waals surface area contributed by atoms with E-state index in [1.165, 1.54) is 31.8 Å². The van der Waals surface area contributed by atoms with Crippen LogP contribution in [0.5, 0.6) is 0 Å². The molecule has 0 aliphatic heterocycles. The molecule has 9 heavy (non-hydrogen) atoms. The molecule has 0 aromatic carbocycles. The second-order valence-corrected chi connectivity index (χ2v) is 5.99. The molecule has 0 aromatic rings. The maximum absolute atomic E-state index is 5.09. The lowest BCUT2D eigenvalue weighted by Gasteiger charge is -1.90. The Bertz CT molecular complexity index is 81.0. The normalized spacial score (nSPS) is 11.6. The second kappa shape index (κ2) is 6.64. The lowest BCUT2D eigenvalue weighted by molar-refractivity contribution is 0.706. The van der Waals surface area contributed by atoms with Gasteiger partial charge >= 0.3 is 0 Å². The molecule has 0 aromatic heterocycles. The van der Waals surface area contributed by atoms with E-state index >= 15 is 0 Å². The summed E-state index contributed by atoms with van der Waals surface area (Å²) in [5, 5.41) is 0. The van der Waals surface area contributed by atoms with E-state index in [-0.39, 0.29) is 6.70 Å². The Morgan fingerprint density at radius 3 is 2.33 bits per heavy atom. The van der Waals surface area contributed by atoms with Gasteiger partial charge in [0.05, 0.1) is 0 Å². The van der Waals surface area contributed by atoms with Gasteiger partial charge < -0.3 is 0 Å². The first kappa shape index (κ1) is 9.52. The van der Waals surface area contributed by atoms with Crippen LogP contribution in [0, 0.1) is 0 Å². The largest absolute Gasteiger partial charge is 0.171 e. The highest BCUT2D eigenvalue weighted by Crippen LogP contribution is 2.16. The maximum Gasteiger partial charge on any atom is 0.171 e. The van der Waals surface area contributed by atoms with E-state index in [0.717, 1.165) is 0 Å². The van der Waals surface area contributed by atoms with Crippen molar-refractivity contribution in [1.29, 1.82) is 0 Å². The van der Waals surface area contributed by atoms with Crippen molar-refractivity contribution in [3.8, 4) is 0 Å². The molecular weight excluding hydrogens is 147 g/mol. The van der Waals surface area contributed by atoms with Crippen molar-refractivity contribution in [3.63, 3.8) is 0 Å². The van der Waals surface area contributed by atoms with E-state index in [2.05, 4.69) is 13.6 Å². The first-order valence-corrected chi connectivity index (χ1v) is 6.64. The molecule has 0 N–H and O–H groups in total. The molecule has 0 heterocycles. The van der Waals surface area contributed by atoms with E-state index in [9.17, 15) is 0 Å². The number of hydrogen-bond donors (Lipinski definition) is 0. The molecular formula is C7H16PS+. The number of hydrogen-bond acceptors (Lipinski definition) is 1. The lowest BCUT2D eigenvalue weighted by atomic mass is 10.2. The maximum atomic E-state index is 5.09. The van der Waals surface area contributed by atoms with Crippen molar-refractivity contribution in [2.45, 2.75) is 32.6 Å². The van der Waals surface area contributed by atoms with Crippen LogP contribution in [0.15, 0.2) is 0 Å². The minimum atomic E-state index is -0.0337. The molecule has 1 unspecified atom stereocenters. The van der Waals surface area contributed by atoms with Gasteiger partial charge in [-0.05, 0) is 12.8 Å². The van der Waals surface area contributed by atoms with E-state index < -0.39 is 0 Å². The highest BCUT2D eigenvalue weighted by molar-refractivity contribution is 8.04. The summed E-state index contributed by atoms with van der Waals surface area (Å²) in [6.45, 7) is 4.38. The van der Waals surface area contributed by atoms with Gasteiger partial charge in [0.25, 0.3) is 0 Å². The Balaban J connectivity index is 2.83. The van der Waals surface area contributed by atoms with Crippen molar-refractivity contribution < 1.29 is 0 Å². The minimum Gasteiger partial charge on any atom is -0.0654 e. The highest BCUT2D eigenvalue weighted by Gasteiger charge is 1.97. The Labute approximate surface area is 64.5 Å². The molecule has 0 aliphatic rings. The number of rotatable bonds is 5. The fourth-order valence-electron chi connectivity index (χ4n) is 0.761.